The Hall–Kier alpha value is -0.540. The van der Waals surface area contributed by atoms with Crippen LogP contribution in [0.15, 0.2) is 24.3 Å². The van der Waals surface area contributed by atoms with E-state index in [0.29, 0.717) is 16.5 Å². The van der Waals surface area contributed by atoms with E-state index < -0.39 is 6.10 Å². The molecule has 0 radical (unpaired) electrons. The van der Waals surface area contributed by atoms with Crippen LogP contribution in [0.25, 0.3) is 0 Å². The third-order valence-corrected chi connectivity index (χ3v) is 6.10. The summed E-state index contributed by atoms with van der Waals surface area (Å²) in [5, 5.41) is 11.8. The molecule has 1 unspecified atom stereocenters. The quantitative estimate of drug-likeness (QED) is 0.721. The molecule has 0 saturated carbocycles. The van der Waals surface area contributed by atoms with E-state index in [9.17, 15) is 5.11 Å². The van der Waals surface area contributed by atoms with Crippen molar-refractivity contribution in [3.8, 4) is 0 Å². The van der Waals surface area contributed by atoms with Crippen LogP contribution in [-0.4, -0.2) is 5.11 Å². The SMILES string of the molecule is OC(Cc1c(Cl)cccc1Cl)c1cc2c(s1)CCCCC2. The first-order valence-electron chi connectivity index (χ1n) is 7.37. The molecule has 0 spiro atoms. The average Bonchev–Trinajstić information content (AvgIpc) is 2.74. The standard InChI is InChI=1S/C17H18Cl2OS/c18-13-6-4-7-14(19)12(13)10-15(20)17-9-11-5-2-1-3-8-16(11)21-17/h4,6-7,9,15,20H,1-3,5,8,10H2. The van der Waals surface area contributed by atoms with E-state index in [-0.39, 0.29) is 0 Å². The summed E-state index contributed by atoms with van der Waals surface area (Å²) in [6.07, 6.45) is 6.08. The highest BCUT2D eigenvalue weighted by molar-refractivity contribution is 7.12. The summed E-state index contributed by atoms with van der Waals surface area (Å²) in [7, 11) is 0. The monoisotopic (exact) mass is 340 g/mol. The summed E-state index contributed by atoms with van der Waals surface area (Å²) in [6, 6.07) is 7.65. The fourth-order valence-corrected chi connectivity index (χ4v) is 4.67. The molecule has 112 valence electrons. The van der Waals surface area contributed by atoms with Crippen molar-refractivity contribution < 1.29 is 5.11 Å². The number of fused-ring (bicyclic) bond motifs is 1. The van der Waals surface area contributed by atoms with E-state index in [1.807, 2.05) is 18.2 Å². The van der Waals surface area contributed by atoms with Crippen LogP contribution in [0.4, 0.5) is 0 Å². The molecule has 4 heteroatoms. The smallest absolute Gasteiger partial charge is 0.0923 e. The summed E-state index contributed by atoms with van der Waals surface area (Å²) in [5.41, 5.74) is 2.26. The van der Waals surface area contributed by atoms with E-state index in [1.165, 1.54) is 29.7 Å². The van der Waals surface area contributed by atoms with Gasteiger partial charge in [-0.25, -0.2) is 0 Å². The van der Waals surface area contributed by atoms with Gasteiger partial charge in [-0.2, -0.15) is 0 Å². The van der Waals surface area contributed by atoms with Crippen molar-refractivity contribution in [3.05, 3.63) is 55.2 Å². The van der Waals surface area contributed by atoms with Crippen molar-refractivity contribution in [1.29, 1.82) is 0 Å². The van der Waals surface area contributed by atoms with Gasteiger partial charge in [0.05, 0.1) is 6.10 Å². The zero-order valence-electron chi connectivity index (χ0n) is 11.7. The maximum Gasteiger partial charge on any atom is 0.0923 e. The van der Waals surface area contributed by atoms with E-state index in [0.717, 1.165) is 23.3 Å². The molecule has 3 rings (SSSR count). The lowest BCUT2D eigenvalue weighted by molar-refractivity contribution is 0.182. The Kier molecular flexibility index (Phi) is 4.90. The molecule has 0 bridgehead atoms. The van der Waals surface area contributed by atoms with Gasteiger partial charge in [0.15, 0.2) is 0 Å². The second kappa shape index (κ2) is 6.70. The van der Waals surface area contributed by atoms with Crippen LogP contribution in [0.3, 0.4) is 0 Å². The normalized spacial score (nSPS) is 16.3. The molecule has 1 nitrogen and oxygen atoms in total. The van der Waals surface area contributed by atoms with Gasteiger partial charge in [-0.05, 0) is 55.0 Å². The number of benzene rings is 1. The summed E-state index contributed by atoms with van der Waals surface area (Å²) < 4.78 is 0. The fourth-order valence-electron chi connectivity index (χ4n) is 2.88. The van der Waals surface area contributed by atoms with Gasteiger partial charge in [0, 0.05) is 26.2 Å². The minimum atomic E-state index is -0.528. The van der Waals surface area contributed by atoms with E-state index in [1.54, 1.807) is 11.3 Å². The van der Waals surface area contributed by atoms with Crippen molar-refractivity contribution in [2.75, 3.05) is 0 Å². The lowest BCUT2D eigenvalue weighted by Gasteiger charge is -2.11. The molecule has 1 N–H and O–H groups in total. The first kappa shape index (κ1) is 15.4. The van der Waals surface area contributed by atoms with Crippen molar-refractivity contribution >= 4 is 34.5 Å². The predicted octanol–water partition coefficient (Wildman–Crippen LogP) is 5.60. The number of aliphatic hydroxyl groups is 1. The molecule has 1 heterocycles. The predicted molar refractivity (Wildman–Crippen MR) is 90.7 cm³/mol. The lowest BCUT2D eigenvalue weighted by atomic mass is 10.1. The highest BCUT2D eigenvalue weighted by atomic mass is 35.5. The molecule has 1 aliphatic carbocycles. The van der Waals surface area contributed by atoms with Gasteiger partial charge in [0.1, 0.15) is 0 Å². The van der Waals surface area contributed by atoms with Gasteiger partial charge in [-0.15, -0.1) is 11.3 Å². The molecule has 21 heavy (non-hydrogen) atoms. The number of thiophene rings is 1. The van der Waals surface area contributed by atoms with E-state index >= 15 is 0 Å². The molecule has 2 aromatic rings. The first-order valence-corrected chi connectivity index (χ1v) is 8.95. The Balaban J connectivity index is 1.81. The lowest BCUT2D eigenvalue weighted by Crippen LogP contribution is -2.01. The van der Waals surface area contributed by atoms with Crippen molar-refractivity contribution in [1.82, 2.24) is 0 Å². The second-order valence-electron chi connectivity index (χ2n) is 5.58. The average molecular weight is 341 g/mol. The molecule has 1 atom stereocenters. The Morgan fingerprint density at radius 2 is 1.81 bits per heavy atom. The van der Waals surface area contributed by atoms with Crippen molar-refractivity contribution in [3.63, 3.8) is 0 Å². The Morgan fingerprint density at radius 1 is 1.10 bits per heavy atom. The zero-order valence-corrected chi connectivity index (χ0v) is 14.1. The van der Waals surface area contributed by atoms with Gasteiger partial charge in [0.2, 0.25) is 0 Å². The van der Waals surface area contributed by atoms with Gasteiger partial charge < -0.3 is 5.11 Å². The van der Waals surface area contributed by atoms with Crippen LogP contribution in [-0.2, 0) is 19.3 Å². The number of aryl methyl sites for hydroxylation is 2. The molecule has 1 aliphatic rings. The van der Waals surface area contributed by atoms with Crippen molar-refractivity contribution in [2.24, 2.45) is 0 Å². The summed E-state index contributed by atoms with van der Waals surface area (Å²) in [5.74, 6) is 0. The minimum absolute atomic E-state index is 0.470. The maximum absolute atomic E-state index is 10.5. The molecule has 1 aromatic carbocycles. The maximum atomic E-state index is 10.5. The van der Waals surface area contributed by atoms with Gasteiger partial charge in [0.25, 0.3) is 0 Å². The van der Waals surface area contributed by atoms with Crippen LogP contribution in [0.1, 0.15) is 46.2 Å². The topological polar surface area (TPSA) is 20.2 Å². The van der Waals surface area contributed by atoms with Gasteiger partial charge >= 0.3 is 0 Å². The second-order valence-corrected chi connectivity index (χ2v) is 7.56. The Morgan fingerprint density at radius 3 is 2.57 bits per heavy atom. The highest BCUT2D eigenvalue weighted by Crippen LogP contribution is 2.35. The number of aliphatic hydroxyl groups excluding tert-OH is 1. The van der Waals surface area contributed by atoms with Gasteiger partial charge in [-0.1, -0.05) is 35.7 Å². The highest BCUT2D eigenvalue weighted by Gasteiger charge is 2.19. The first-order chi connectivity index (χ1) is 10.1. The molecule has 0 fully saturated rings. The largest absolute Gasteiger partial charge is 0.387 e. The molecule has 0 saturated heterocycles. The van der Waals surface area contributed by atoms with E-state index in [4.69, 9.17) is 23.2 Å². The number of hydrogen-bond donors (Lipinski definition) is 1. The van der Waals surface area contributed by atoms with Crippen LogP contribution >= 0.6 is 34.5 Å². The zero-order chi connectivity index (χ0) is 14.8. The number of rotatable bonds is 3. The third kappa shape index (κ3) is 3.45. The molecule has 0 amide bonds. The number of hydrogen-bond acceptors (Lipinski definition) is 2. The van der Waals surface area contributed by atoms with Crippen LogP contribution in [0, 0.1) is 0 Å². The molecular weight excluding hydrogens is 323 g/mol. The number of halogens is 2. The van der Waals surface area contributed by atoms with Crippen LogP contribution in [0.5, 0.6) is 0 Å². The third-order valence-electron chi connectivity index (χ3n) is 4.05. The molecule has 0 aliphatic heterocycles. The Bertz CT molecular complexity index is 592. The summed E-state index contributed by atoms with van der Waals surface area (Å²) >= 11 is 14.1. The molecular formula is C17H18Cl2OS. The summed E-state index contributed by atoms with van der Waals surface area (Å²) in [4.78, 5) is 2.49. The van der Waals surface area contributed by atoms with Gasteiger partial charge in [-0.3, -0.25) is 0 Å². The van der Waals surface area contributed by atoms with E-state index in [2.05, 4.69) is 6.07 Å². The minimum Gasteiger partial charge on any atom is -0.387 e. The fraction of sp³-hybridized carbons (Fsp3) is 0.412. The van der Waals surface area contributed by atoms with Crippen LogP contribution in [0.2, 0.25) is 10.0 Å². The van der Waals surface area contributed by atoms with Crippen LogP contribution < -0.4 is 0 Å². The summed E-state index contributed by atoms with van der Waals surface area (Å²) in [6.45, 7) is 0. The Labute approximate surface area is 139 Å². The van der Waals surface area contributed by atoms with Crippen molar-refractivity contribution in [2.45, 2.75) is 44.6 Å². The molecule has 1 aromatic heterocycles.